The molecule has 2 unspecified atom stereocenters. The molecule has 2 atom stereocenters. The number of hydrogen-bond acceptors (Lipinski definition) is 3. The fourth-order valence-electron chi connectivity index (χ4n) is 1.99. The average Bonchev–Trinajstić information content (AvgIpc) is 2.74. The Kier molecular flexibility index (Phi) is 4.42. The minimum Gasteiger partial charge on any atom is -0.491 e. The van der Waals surface area contributed by atoms with Crippen molar-refractivity contribution in [2.45, 2.75) is 38.5 Å². The summed E-state index contributed by atoms with van der Waals surface area (Å²) in [6.45, 7) is 3.23. The summed E-state index contributed by atoms with van der Waals surface area (Å²) < 4.78 is 12.5. The molecule has 17 heavy (non-hydrogen) atoms. The van der Waals surface area contributed by atoms with E-state index in [0.29, 0.717) is 19.3 Å². The summed E-state index contributed by atoms with van der Waals surface area (Å²) in [5.41, 5.74) is 6.70. The van der Waals surface area contributed by atoms with Gasteiger partial charge in [0.05, 0.1) is 12.2 Å². The van der Waals surface area contributed by atoms with E-state index in [1.807, 2.05) is 18.2 Å². The predicted molar refractivity (Wildman–Crippen MR) is 71.1 cm³/mol. The second-order valence-electron chi connectivity index (χ2n) is 4.41. The Hall–Kier alpha value is -0.580. The molecule has 1 aromatic carbocycles. The van der Waals surface area contributed by atoms with Gasteiger partial charge in [0, 0.05) is 11.0 Å². The second-order valence-corrected chi connectivity index (χ2v) is 5.27. The molecule has 0 amide bonds. The zero-order valence-electron chi connectivity index (χ0n) is 9.99. The third-order valence-corrected chi connectivity index (χ3v) is 3.77. The molecule has 0 radical (unpaired) electrons. The van der Waals surface area contributed by atoms with E-state index in [0.717, 1.165) is 28.6 Å². The summed E-state index contributed by atoms with van der Waals surface area (Å²) in [7, 11) is 0. The zero-order chi connectivity index (χ0) is 12.3. The maximum atomic E-state index is 5.73. The van der Waals surface area contributed by atoms with Crippen LogP contribution < -0.4 is 10.5 Å². The van der Waals surface area contributed by atoms with Crippen LogP contribution in [0, 0.1) is 0 Å². The predicted octanol–water partition coefficient (Wildman–Crippen LogP) is 2.85. The van der Waals surface area contributed by atoms with Crippen molar-refractivity contribution in [1.29, 1.82) is 0 Å². The lowest BCUT2D eigenvalue weighted by molar-refractivity contribution is 0.0264. The summed E-state index contributed by atoms with van der Waals surface area (Å²) in [5, 5.41) is 0. The van der Waals surface area contributed by atoms with Gasteiger partial charge in [-0.15, -0.1) is 0 Å². The van der Waals surface area contributed by atoms with Gasteiger partial charge in [-0.2, -0.15) is 0 Å². The highest BCUT2D eigenvalue weighted by Crippen LogP contribution is 2.24. The topological polar surface area (TPSA) is 44.5 Å². The molecule has 1 saturated heterocycles. The molecule has 3 nitrogen and oxygen atoms in total. The molecule has 2 rings (SSSR count). The Bertz CT molecular complexity index is 384. The molecule has 1 aliphatic heterocycles. The lowest BCUT2D eigenvalue weighted by atomic mass is 10.2. The van der Waals surface area contributed by atoms with E-state index in [4.69, 9.17) is 15.2 Å². The number of nitrogens with two attached hydrogens (primary N) is 1. The van der Waals surface area contributed by atoms with Gasteiger partial charge in [-0.1, -0.05) is 15.9 Å². The van der Waals surface area contributed by atoms with Gasteiger partial charge >= 0.3 is 0 Å². The fraction of sp³-hybridized carbons (Fsp3) is 0.538. The number of hydrogen-bond donors (Lipinski definition) is 1. The highest BCUT2D eigenvalue weighted by atomic mass is 79.9. The number of rotatable bonds is 4. The molecular weight excluding hydrogens is 282 g/mol. The molecular formula is C13H18BrNO2. The van der Waals surface area contributed by atoms with Crippen molar-refractivity contribution in [3.8, 4) is 5.75 Å². The molecule has 0 saturated carbocycles. The van der Waals surface area contributed by atoms with Gasteiger partial charge in [-0.3, -0.25) is 0 Å². The summed E-state index contributed by atoms with van der Waals surface area (Å²) in [6, 6.07) is 5.89. The Morgan fingerprint density at radius 2 is 2.29 bits per heavy atom. The van der Waals surface area contributed by atoms with E-state index >= 15 is 0 Å². The SMILES string of the molecule is CC1CCC(COc2ccc(Br)c(CN)c2)O1. The van der Waals surface area contributed by atoms with Crippen molar-refractivity contribution >= 4 is 15.9 Å². The minimum atomic E-state index is 0.231. The minimum absolute atomic E-state index is 0.231. The highest BCUT2D eigenvalue weighted by molar-refractivity contribution is 9.10. The van der Waals surface area contributed by atoms with Crippen molar-refractivity contribution in [2.24, 2.45) is 5.73 Å². The summed E-state index contributed by atoms with van der Waals surface area (Å²) in [4.78, 5) is 0. The van der Waals surface area contributed by atoms with Gasteiger partial charge in [0.2, 0.25) is 0 Å². The summed E-state index contributed by atoms with van der Waals surface area (Å²) in [6.07, 6.45) is 2.81. The van der Waals surface area contributed by atoms with Crippen molar-refractivity contribution in [2.75, 3.05) is 6.61 Å². The van der Waals surface area contributed by atoms with E-state index in [1.54, 1.807) is 0 Å². The molecule has 94 valence electrons. The van der Waals surface area contributed by atoms with E-state index in [-0.39, 0.29) is 6.10 Å². The molecule has 0 aliphatic carbocycles. The van der Waals surface area contributed by atoms with Crippen LogP contribution in [0.2, 0.25) is 0 Å². The van der Waals surface area contributed by atoms with Crippen molar-refractivity contribution < 1.29 is 9.47 Å². The van der Waals surface area contributed by atoms with Gasteiger partial charge in [0.25, 0.3) is 0 Å². The van der Waals surface area contributed by atoms with E-state index in [2.05, 4.69) is 22.9 Å². The van der Waals surface area contributed by atoms with E-state index in [1.165, 1.54) is 0 Å². The van der Waals surface area contributed by atoms with Gasteiger partial charge in [0.15, 0.2) is 0 Å². The van der Waals surface area contributed by atoms with Crippen molar-refractivity contribution in [3.05, 3.63) is 28.2 Å². The van der Waals surface area contributed by atoms with Crippen LogP contribution in [0.3, 0.4) is 0 Å². The molecule has 2 N–H and O–H groups in total. The van der Waals surface area contributed by atoms with Crippen LogP contribution in [0.1, 0.15) is 25.3 Å². The van der Waals surface area contributed by atoms with Crippen LogP contribution in [0.4, 0.5) is 0 Å². The summed E-state index contributed by atoms with van der Waals surface area (Å²) in [5.74, 6) is 0.858. The van der Waals surface area contributed by atoms with Crippen LogP contribution >= 0.6 is 15.9 Å². The average molecular weight is 300 g/mol. The smallest absolute Gasteiger partial charge is 0.119 e. The quantitative estimate of drug-likeness (QED) is 0.930. The monoisotopic (exact) mass is 299 g/mol. The van der Waals surface area contributed by atoms with Crippen LogP contribution in [-0.4, -0.2) is 18.8 Å². The molecule has 1 heterocycles. The Morgan fingerprint density at radius 1 is 1.47 bits per heavy atom. The van der Waals surface area contributed by atoms with E-state index in [9.17, 15) is 0 Å². The largest absolute Gasteiger partial charge is 0.491 e. The number of benzene rings is 1. The number of halogens is 1. The molecule has 0 bridgehead atoms. The Morgan fingerprint density at radius 3 is 2.94 bits per heavy atom. The van der Waals surface area contributed by atoms with Gasteiger partial charge < -0.3 is 15.2 Å². The van der Waals surface area contributed by atoms with Crippen LogP contribution in [0.15, 0.2) is 22.7 Å². The first-order valence-corrected chi connectivity index (χ1v) is 6.75. The zero-order valence-corrected chi connectivity index (χ0v) is 11.6. The summed E-state index contributed by atoms with van der Waals surface area (Å²) >= 11 is 3.46. The van der Waals surface area contributed by atoms with Crippen molar-refractivity contribution in [1.82, 2.24) is 0 Å². The van der Waals surface area contributed by atoms with Crippen LogP contribution in [0.25, 0.3) is 0 Å². The molecule has 4 heteroatoms. The van der Waals surface area contributed by atoms with Gasteiger partial charge in [-0.25, -0.2) is 0 Å². The Balaban J connectivity index is 1.90. The lowest BCUT2D eigenvalue weighted by Gasteiger charge is -2.13. The Labute approximate surface area is 110 Å². The maximum Gasteiger partial charge on any atom is 0.119 e. The fourth-order valence-corrected chi connectivity index (χ4v) is 2.40. The highest BCUT2D eigenvalue weighted by Gasteiger charge is 2.22. The van der Waals surface area contributed by atoms with Crippen LogP contribution in [0.5, 0.6) is 5.75 Å². The standard InChI is InChI=1S/C13H18BrNO2/c1-9-2-3-12(17-9)8-16-11-4-5-13(14)10(6-11)7-15/h4-6,9,12H,2-3,7-8,15H2,1H3. The van der Waals surface area contributed by atoms with Gasteiger partial charge in [0.1, 0.15) is 12.4 Å². The second kappa shape index (κ2) is 5.85. The first-order chi connectivity index (χ1) is 8.19. The van der Waals surface area contributed by atoms with E-state index < -0.39 is 0 Å². The molecule has 1 aliphatic rings. The normalized spacial score (nSPS) is 23.9. The first-order valence-electron chi connectivity index (χ1n) is 5.96. The lowest BCUT2D eigenvalue weighted by Crippen LogP contribution is -2.18. The number of ether oxygens (including phenoxy) is 2. The van der Waals surface area contributed by atoms with Gasteiger partial charge in [-0.05, 0) is 43.5 Å². The first kappa shape index (κ1) is 12.9. The maximum absolute atomic E-state index is 5.73. The molecule has 1 aromatic rings. The molecule has 0 aromatic heterocycles. The third-order valence-electron chi connectivity index (χ3n) is 2.99. The third kappa shape index (κ3) is 3.44. The van der Waals surface area contributed by atoms with Crippen molar-refractivity contribution in [3.63, 3.8) is 0 Å². The van der Waals surface area contributed by atoms with Crippen LogP contribution in [-0.2, 0) is 11.3 Å². The molecule has 0 spiro atoms. The molecule has 1 fully saturated rings.